The molecule has 2 aromatic heterocycles. The number of fused-ring (bicyclic) bond motifs is 1. The summed E-state index contributed by atoms with van der Waals surface area (Å²) in [5.41, 5.74) is 5.53. The molecule has 1 atom stereocenters. The zero-order chi connectivity index (χ0) is 14.7. The molecule has 3 aromatic rings. The van der Waals surface area contributed by atoms with Gasteiger partial charge in [0.15, 0.2) is 0 Å². The summed E-state index contributed by atoms with van der Waals surface area (Å²) in [5, 5.41) is 0. The van der Waals surface area contributed by atoms with Crippen LogP contribution < -0.4 is 0 Å². The van der Waals surface area contributed by atoms with Crippen LogP contribution in [-0.2, 0) is 6.42 Å². The molecule has 0 fully saturated rings. The first-order valence-corrected chi connectivity index (χ1v) is 7.84. The van der Waals surface area contributed by atoms with Crippen molar-refractivity contribution in [2.75, 3.05) is 0 Å². The van der Waals surface area contributed by atoms with Crippen LogP contribution in [0.15, 0.2) is 60.9 Å². The van der Waals surface area contributed by atoms with E-state index in [9.17, 15) is 0 Å². The molecule has 21 heavy (non-hydrogen) atoms. The molecule has 0 aliphatic carbocycles. The number of benzene rings is 1. The maximum Gasteiger partial charge on any atom is 0.0452 e. The molecule has 1 heteroatoms. The fourth-order valence-electron chi connectivity index (χ4n) is 2.91. The fraction of sp³-hybridized carbons (Fsp3) is 0.300. The van der Waals surface area contributed by atoms with E-state index in [1.54, 1.807) is 0 Å². The van der Waals surface area contributed by atoms with Crippen molar-refractivity contribution in [3.8, 4) is 0 Å². The number of pyridine rings is 1. The Kier molecular flexibility index (Phi) is 4.10. The first-order chi connectivity index (χ1) is 10.2. The highest BCUT2D eigenvalue weighted by atomic mass is 14.8. The normalized spacial score (nSPS) is 12.7. The predicted octanol–water partition coefficient (Wildman–Crippen LogP) is 5.37. The molecule has 0 aliphatic rings. The molecule has 0 N–H and O–H groups in total. The minimum absolute atomic E-state index is 0.641. The van der Waals surface area contributed by atoms with Crippen LogP contribution in [0.3, 0.4) is 0 Å². The van der Waals surface area contributed by atoms with Crippen LogP contribution >= 0.6 is 0 Å². The minimum atomic E-state index is 0.641. The topological polar surface area (TPSA) is 4.41 Å². The van der Waals surface area contributed by atoms with Crippen molar-refractivity contribution in [1.82, 2.24) is 4.40 Å². The molecule has 1 aromatic carbocycles. The molecule has 0 amide bonds. The van der Waals surface area contributed by atoms with E-state index in [1.165, 1.54) is 35.0 Å². The first kappa shape index (κ1) is 13.9. The largest absolute Gasteiger partial charge is 0.324 e. The molecule has 2 heterocycles. The van der Waals surface area contributed by atoms with Crippen LogP contribution in [0.25, 0.3) is 5.52 Å². The zero-order valence-corrected chi connectivity index (χ0v) is 12.9. The second kappa shape index (κ2) is 6.17. The van der Waals surface area contributed by atoms with Gasteiger partial charge in [0.1, 0.15) is 0 Å². The van der Waals surface area contributed by atoms with E-state index in [2.05, 4.69) is 79.2 Å². The lowest BCUT2D eigenvalue weighted by atomic mass is 9.94. The van der Waals surface area contributed by atoms with Crippen LogP contribution in [0.2, 0.25) is 0 Å². The summed E-state index contributed by atoms with van der Waals surface area (Å²) >= 11 is 0. The van der Waals surface area contributed by atoms with Gasteiger partial charge in [-0.15, -0.1) is 0 Å². The molecule has 0 aliphatic heterocycles. The number of nitrogens with zero attached hydrogens (tertiary/aromatic N) is 1. The van der Waals surface area contributed by atoms with Gasteiger partial charge in [0.25, 0.3) is 0 Å². The monoisotopic (exact) mass is 277 g/mol. The zero-order valence-electron chi connectivity index (χ0n) is 12.9. The summed E-state index contributed by atoms with van der Waals surface area (Å²) in [6.45, 7) is 4.48. The van der Waals surface area contributed by atoms with E-state index in [0.29, 0.717) is 5.92 Å². The maximum absolute atomic E-state index is 2.33. The molecule has 1 unspecified atom stereocenters. The number of aromatic nitrogens is 1. The molecule has 0 saturated carbocycles. The number of hydrogen-bond donors (Lipinski definition) is 0. The average Bonchev–Trinajstić information content (AvgIpc) is 2.95. The lowest BCUT2D eigenvalue weighted by Gasteiger charge is -2.12. The van der Waals surface area contributed by atoms with Crippen molar-refractivity contribution in [2.45, 2.75) is 39.0 Å². The standard InChI is InChI=1S/C20H23N/c1-16-8-10-19(11-9-16)17(2)5-3-6-18-12-14-21-13-4-7-20(21)15-18/h4,7-15,17H,3,5-6H2,1-2H3. The van der Waals surface area contributed by atoms with Gasteiger partial charge < -0.3 is 4.40 Å². The highest BCUT2D eigenvalue weighted by molar-refractivity contribution is 5.49. The number of hydrogen-bond acceptors (Lipinski definition) is 0. The Bertz CT molecular complexity index is 706. The summed E-state index contributed by atoms with van der Waals surface area (Å²) in [4.78, 5) is 0. The van der Waals surface area contributed by atoms with Crippen molar-refractivity contribution in [1.29, 1.82) is 0 Å². The Morgan fingerprint density at radius 2 is 1.81 bits per heavy atom. The van der Waals surface area contributed by atoms with Crippen LogP contribution in [0, 0.1) is 6.92 Å². The average molecular weight is 277 g/mol. The van der Waals surface area contributed by atoms with Crippen LogP contribution in [0.4, 0.5) is 0 Å². The third-order valence-corrected chi connectivity index (χ3v) is 4.34. The SMILES string of the molecule is Cc1ccc(C(C)CCCc2ccn3cccc3c2)cc1. The van der Waals surface area contributed by atoms with E-state index in [1.807, 2.05) is 0 Å². The lowest BCUT2D eigenvalue weighted by molar-refractivity contribution is 0.633. The highest BCUT2D eigenvalue weighted by Crippen LogP contribution is 2.22. The second-order valence-corrected chi connectivity index (χ2v) is 6.08. The number of aryl methyl sites for hydroxylation is 2. The molecule has 1 nitrogen and oxygen atoms in total. The predicted molar refractivity (Wildman–Crippen MR) is 89.9 cm³/mol. The Hall–Kier alpha value is -2.02. The van der Waals surface area contributed by atoms with Gasteiger partial charge in [-0.25, -0.2) is 0 Å². The quantitative estimate of drug-likeness (QED) is 0.590. The van der Waals surface area contributed by atoms with Gasteiger partial charge in [-0.05, 0) is 67.5 Å². The van der Waals surface area contributed by atoms with Gasteiger partial charge in [-0.2, -0.15) is 0 Å². The van der Waals surface area contributed by atoms with Gasteiger partial charge in [-0.1, -0.05) is 36.8 Å². The van der Waals surface area contributed by atoms with Crippen molar-refractivity contribution >= 4 is 5.52 Å². The van der Waals surface area contributed by atoms with Gasteiger partial charge in [0, 0.05) is 17.9 Å². The van der Waals surface area contributed by atoms with Crippen molar-refractivity contribution < 1.29 is 0 Å². The lowest BCUT2D eigenvalue weighted by Crippen LogP contribution is -1.96. The molecule has 0 radical (unpaired) electrons. The maximum atomic E-state index is 2.33. The Morgan fingerprint density at radius 1 is 1.00 bits per heavy atom. The van der Waals surface area contributed by atoms with E-state index in [-0.39, 0.29) is 0 Å². The molecule has 108 valence electrons. The fourth-order valence-corrected chi connectivity index (χ4v) is 2.91. The van der Waals surface area contributed by atoms with Crippen LogP contribution in [-0.4, -0.2) is 4.40 Å². The third-order valence-electron chi connectivity index (χ3n) is 4.34. The van der Waals surface area contributed by atoms with Crippen molar-refractivity contribution in [3.63, 3.8) is 0 Å². The minimum Gasteiger partial charge on any atom is -0.324 e. The highest BCUT2D eigenvalue weighted by Gasteiger charge is 2.05. The summed E-state index contributed by atoms with van der Waals surface area (Å²) in [7, 11) is 0. The summed E-state index contributed by atoms with van der Waals surface area (Å²) in [6.07, 6.45) is 7.91. The third kappa shape index (κ3) is 3.36. The smallest absolute Gasteiger partial charge is 0.0452 e. The van der Waals surface area contributed by atoms with Crippen LogP contribution in [0.5, 0.6) is 0 Å². The van der Waals surface area contributed by atoms with E-state index in [0.717, 1.165) is 6.42 Å². The van der Waals surface area contributed by atoms with Crippen molar-refractivity contribution in [2.24, 2.45) is 0 Å². The van der Waals surface area contributed by atoms with Gasteiger partial charge >= 0.3 is 0 Å². The molecule has 3 rings (SSSR count). The van der Waals surface area contributed by atoms with Gasteiger partial charge in [0.2, 0.25) is 0 Å². The Morgan fingerprint density at radius 3 is 2.62 bits per heavy atom. The van der Waals surface area contributed by atoms with E-state index >= 15 is 0 Å². The molecular weight excluding hydrogens is 254 g/mol. The number of rotatable bonds is 5. The Balaban J connectivity index is 1.56. The first-order valence-electron chi connectivity index (χ1n) is 7.84. The second-order valence-electron chi connectivity index (χ2n) is 6.08. The summed E-state index contributed by atoms with van der Waals surface area (Å²) in [5.74, 6) is 0.641. The molecule has 0 bridgehead atoms. The van der Waals surface area contributed by atoms with Gasteiger partial charge in [0.05, 0.1) is 0 Å². The Labute approximate surface area is 127 Å². The van der Waals surface area contributed by atoms with Gasteiger partial charge in [-0.3, -0.25) is 0 Å². The van der Waals surface area contributed by atoms with E-state index < -0.39 is 0 Å². The molecule has 0 saturated heterocycles. The van der Waals surface area contributed by atoms with Crippen LogP contribution in [0.1, 0.15) is 42.4 Å². The summed E-state index contributed by atoms with van der Waals surface area (Å²) < 4.78 is 2.17. The summed E-state index contributed by atoms with van der Waals surface area (Å²) in [6, 6.07) is 17.8. The van der Waals surface area contributed by atoms with Crippen molar-refractivity contribution in [3.05, 3.63) is 77.6 Å². The molecular formula is C20H23N. The van der Waals surface area contributed by atoms with E-state index in [4.69, 9.17) is 0 Å². The molecule has 0 spiro atoms.